The van der Waals surface area contributed by atoms with Crippen LogP contribution in [0.4, 0.5) is 0 Å². The van der Waals surface area contributed by atoms with Crippen LogP contribution in [0.2, 0.25) is 0 Å². The van der Waals surface area contributed by atoms with Crippen molar-refractivity contribution in [2.45, 2.75) is 26.0 Å². The Morgan fingerprint density at radius 2 is 1.94 bits per heavy atom. The number of nitrogens with zero attached hydrogens (tertiary/aromatic N) is 2. The fourth-order valence-electron chi connectivity index (χ4n) is 1.99. The molecule has 0 aromatic heterocycles. The third-order valence-corrected chi connectivity index (χ3v) is 3.72. The van der Waals surface area contributed by atoms with Crippen LogP contribution in [0.25, 0.3) is 0 Å². The SMILES string of the molecule is COC(C)C(C)N(C)CCN1CCNCC1. The number of rotatable bonds is 6. The van der Waals surface area contributed by atoms with Gasteiger partial charge in [-0.05, 0) is 20.9 Å². The third-order valence-electron chi connectivity index (χ3n) is 3.72. The van der Waals surface area contributed by atoms with Gasteiger partial charge in [0.05, 0.1) is 6.10 Å². The van der Waals surface area contributed by atoms with Crippen molar-refractivity contribution in [3.05, 3.63) is 0 Å². The van der Waals surface area contributed by atoms with Crippen molar-refractivity contribution in [1.29, 1.82) is 0 Å². The number of ether oxygens (including phenoxy) is 1. The van der Waals surface area contributed by atoms with Crippen LogP contribution in [-0.4, -0.2) is 75.4 Å². The standard InChI is InChI=1S/C12H27N3O/c1-11(12(2)16-4)14(3)9-10-15-7-5-13-6-8-15/h11-13H,5-10H2,1-4H3. The van der Waals surface area contributed by atoms with E-state index in [-0.39, 0.29) is 0 Å². The highest BCUT2D eigenvalue weighted by atomic mass is 16.5. The van der Waals surface area contributed by atoms with E-state index in [1.165, 1.54) is 19.6 Å². The van der Waals surface area contributed by atoms with Crippen molar-refractivity contribution < 1.29 is 4.74 Å². The molecule has 1 N–H and O–H groups in total. The second-order valence-corrected chi connectivity index (χ2v) is 4.75. The van der Waals surface area contributed by atoms with Crippen molar-refractivity contribution in [3.63, 3.8) is 0 Å². The number of likely N-dealkylation sites (N-methyl/N-ethyl adjacent to an activating group) is 1. The van der Waals surface area contributed by atoms with Gasteiger partial charge in [-0.3, -0.25) is 9.80 Å². The maximum absolute atomic E-state index is 5.36. The average molecular weight is 229 g/mol. The van der Waals surface area contributed by atoms with E-state index < -0.39 is 0 Å². The zero-order chi connectivity index (χ0) is 12.0. The molecule has 0 saturated carbocycles. The highest BCUT2D eigenvalue weighted by molar-refractivity contribution is 4.73. The Morgan fingerprint density at radius 1 is 1.31 bits per heavy atom. The number of nitrogens with one attached hydrogen (secondary N) is 1. The van der Waals surface area contributed by atoms with Gasteiger partial charge in [0.15, 0.2) is 0 Å². The van der Waals surface area contributed by atoms with E-state index in [0.29, 0.717) is 12.1 Å². The lowest BCUT2D eigenvalue weighted by molar-refractivity contribution is 0.0398. The first kappa shape index (κ1) is 13.9. The molecule has 4 heteroatoms. The molecular weight excluding hydrogens is 202 g/mol. The molecule has 1 rings (SSSR count). The summed E-state index contributed by atoms with van der Waals surface area (Å²) < 4.78 is 5.36. The highest BCUT2D eigenvalue weighted by Gasteiger charge is 2.17. The molecule has 96 valence electrons. The molecule has 1 fully saturated rings. The number of methoxy groups -OCH3 is 1. The zero-order valence-electron chi connectivity index (χ0n) is 11.2. The monoisotopic (exact) mass is 229 g/mol. The van der Waals surface area contributed by atoms with E-state index in [1.807, 2.05) is 0 Å². The Morgan fingerprint density at radius 3 is 2.50 bits per heavy atom. The quantitative estimate of drug-likeness (QED) is 0.706. The maximum atomic E-state index is 5.36. The number of hydrogen-bond donors (Lipinski definition) is 1. The predicted molar refractivity (Wildman–Crippen MR) is 67.9 cm³/mol. The van der Waals surface area contributed by atoms with Crippen molar-refractivity contribution in [2.24, 2.45) is 0 Å². The van der Waals surface area contributed by atoms with Crippen molar-refractivity contribution in [2.75, 3.05) is 53.4 Å². The summed E-state index contributed by atoms with van der Waals surface area (Å²) in [5.41, 5.74) is 0. The molecule has 1 heterocycles. The molecule has 1 saturated heterocycles. The maximum Gasteiger partial charge on any atom is 0.0695 e. The molecule has 4 nitrogen and oxygen atoms in total. The van der Waals surface area contributed by atoms with Gasteiger partial charge < -0.3 is 10.1 Å². The van der Waals surface area contributed by atoms with E-state index in [0.717, 1.165) is 19.6 Å². The van der Waals surface area contributed by atoms with Crippen molar-refractivity contribution in [3.8, 4) is 0 Å². The van der Waals surface area contributed by atoms with Gasteiger partial charge in [-0.1, -0.05) is 0 Å². The van der Waals surface area contributed by atoms with Crippen LogP contribution in [0.3, 0.4) is 0 Å². The Balaban J connectivity index is 2.20. The second kappa shape index (κ2) is 7.22. The van der Waals surface area contributed by atoms with Crippen molar-refractivity contribution >= 4 is 0 Å². The van der Waals surface area contributed by atoms with Gasteiger partial charge in [0.1, 0.15) is 0 Å². The lowest BCUT2D eigenvalue weighted by Gasteiger charge is -2.33. The Hall–Kier alpha value is -0.160. The molecule has 0 aromatic carbocycles. The molecule has 0 amide bonds. The van der Waals surface area contributed by atoms with Gasteiger partial charge in [-0.2, -0.15) is 0 Å². The molecule has 0 aliphatic carbocycles. The molecule has 2 atom stereocenters. The Kier molecular flexibility index (Phi) is 6.28. The van der Waals surface area contributed by atoms with E-state index in [2.05, 4.69) is 36.0 Å². The topological polar surface area (TPSA) is 27.7 Å². The van der Waals surface area contributed by atoms with Crippen LogP contribution < -0.4 is 5.32 Å². The lowest BCUT2D eigenvalue weighted by atomic mass is 10.2. The van der Waals surface area contributed by atoms with E-state index in [4.69, 9.17) is 4.74 Å². The first-order valence-electron chi connectivity index (χ1n) is 6.31. The molecule has 16 heavy (non-hydrogen) atoms. The van der Waals surface area contributed by atoms with Crippen LogP contribution in [0.15, 0.2) is 0 Å². The van der Waals surface area contributed by atoms with E-state index in [1.54, 1.807) is 7.11 Å². The first-order valence-corrected chi connectivity index (χ1v) is 6.31. The molecule has 2 unspecified atom stereocenters. The molecular formula is C12H27N3O. The molecule has 0 bridgehead atoms. The molecule has 0 radical (unpaired) electrons. The summed E-state index contributed by atoms with van der Waals surface area (Å²) in [5.74, 6) is 0. The second-order valence-electron chi connectivity index (χ2n) is 4.75. The minimum atomic E-state index is 0.299. The van der Waals surface area contributed by atoms with Gasteiger partial charge in [0.2, 0.25) is 0 Å². The lowest BCUT2D eigenvalue weighted by Crippen LogP contribution is -2.48. The average Bonchev–Trinajstić information content (AvgIpc) is 2.35. The summed E-state index contributed by atoms with van der Waals surface area (Å²) in [7, 11) is 3.97. The van der Waals surface area contributed by atoms with E-state index >= 15 is 0 Å². The molecule has 1 aliphatic rings. The van der Waals surface area contributed by atoms with E-state index in [9.17, 15) is 0 Å². The largest absolute Gasteiger partial charge is 0.380 e. The van der Waals surface area contributed by atoms with Gasteiger partial charge in [0, 0.05) is 52.4 Å². The molecule has 1 aliphatic heterocycles. The summed E-state index contributed by atoms with van der Waals surface area (Å²) in [4.78, 5) is 4.91. The summed E-state index contributed by atoms with van der Waals surface area (Å²) in [6.07, 6.45) is 0.299. The smallest absolute Gasteiger partial charge is 0.0695 e. The minimum Gasteiger partial charge on any atom is -0.380 e. The summed E-state index contributed by atoms with van der Waals surface area (Å²) in [5, 5.41) is 3.38. The van der Waals surface area contributed by atoms with Gasteiger partial charge in [0.25, 0.3) is 0 Å². The van der Waals surface area contributed by atoms with Crippen LogP contribution in [0.1, 0.15) is 13.8 Å². The predicted octanol–water partition coefficient (Wildman–Crippen LogP) is 0.247. The van der Waals surface area contributed by atoms with Crippen molar-refractivity contribution in [1.82, 2.24) is 15.1 Å². The Bertz CT molecular complexity index is 183. The minimum absolute atomic E-state index is 0.299. The molecule has 0 aromatic rings. The van der Waals surface area contributed by atoms with Crippen LogP contribution >= 0.6 is 0 Å². The van der Waals surface area contributed by atoms with Crippen LogP contribution in [0, 0.1) is 0 Å². The number of hydrogen-bond acceptors (Lipinski definition) is 4. The third kappa shape index (κ3) is 4.37. The van der Waals surface area contributed by atoms with Gasteiger partial charge in [-0.15, -0.1) is 0 Å². The van der Waals surface area contributed by atoms with Crippen LogP contribution in [-0.2, 0) is 4.74 Å². The summed E-state index contributed by atoms with van der Waals surface area (Å²) >= 11 is 0. The van der Waals surface area contributed by atoms with Crippen LogP contribution in [0.5, 0.6) is 0 Å². The summed E-state index contributed by atoms with van der Waals surface area (Å²) in [6.45, 7) is 11.3. The fraction of sp³-hybridized carbons (Fsp3) is 1.00. The molecule has 0 spiro atoms. The summed E-state index contributed by atoms with van der Waals surface area (Å²) in [6, 6.07) is 0.480. The zero-order valence-corrected chi connectivity index (χ0v) is 11.2. The first-order chi connectivity index (χ1) is 7.65. The Labute approximate surface area is 99.9 Å². The van der Waals surface area contributed by atoms with Gasteiger partial charge >= 0.3 is 0 Å². The highest BCUT2D eigenvalue weighted by Crippen LogP contribution is 2.04. The van der Waals surface area contributed by atoms with Gasteiger partial charge in [-0.25, -0.2) is 0 Å². The fourth-order valence-corrected chi connectivity index (χ4v) is 1.99. The normalized spacial score (nSPS) is 22.3. The number of piperazine rings is 1.